The lowest BCUT2D eigenvalue weighted by atomic mass is 10.1. The van der Waals surface area contributed by atoms with Crippen molar-refractivity contribution in [2.24, 2.45) is 0 Å². The number of hydrogen-bond acceptors (Lipinski definition) is 4. The second-order valence-electron chi connectivity index (χ2n) is 5.98. The van der Waals surface area contributed by atoms with Gasteiger partial charge in [0.15, 0.2) is 0 Å². The molecule has 0 atom stereocenters. The third kappa shape index (κ3) is 8.22. The summed E-state index contributed by atoms with van der Waals surface area (Å²) in [5, 5.41) is 5.68. The molecule has 0 aliphatic rings. The molecule has 0 saturated heterocycles. The number of unbranched alkanes of at least 4 members (excludes halogenated alkanes) is 1. The molecule has 1 aromatic rings. The Labute approximate surface area is 151 Å². The number of hydrogen-bond donors (Lipinski definition) is 3. The quantitative estimate of drug-likeness (QED) is 0.551. The van der Waals surface area contributed by atoms with E-state index in [2.05, 4.69) is 27.2 Å². The molecule has 0 aliphatic heterocycles. The van der Waals surface area contributed by atoms with Gasteiger partial charge in [-0.2, -0.15) is 0 Å². The Morgan fingerprint density at radius 1 is 1.20 bits per heavy atom. The van der Waals surface area contributed by atoms with Gasteiger partial charge in [0.25, 0.3) is 0 Å². The molecular formula is C17H30N4O3S. The van der Waals surface area contributed by atoms with Crippen LogP contribution in [-0.2, 0) is 10.0 Å². The van der Waals surface area contributed by atoms with Crippen LogP contribution < -0.4 is 20.3 Å². The average molecular weight is 371 g/mol. The van der Waals surface area contributed by atoms with Crippen molar-refractivity contribution in [3.8, 4) is 0 Å². The third-order valence-corrected chi connectivity index (χ3v) is 4.50. The fourth-order valence-corrected chi connectivity index (χ4v) is 2.83. The second kappa shape index (κ2) is 10.2. The Morgan fingerprint density at radius 3 is 2.48 bits per heavy atom. The molecule has 0 spiro atoms. The van der Waals surface area contributed by atoms with Crippen LogP contribution in [-0.4, -0.2) is 46.9 Å². The Balaban J connectivity index is 2.67. The number of anilines is 2. The van der Waals surface area contributed by atoms with Crippen molar-refractivity contribution in [2.75, 3.05) is 42.7 Å². The van der Waals surface area contributed by atoms with Crippen LogP contribution in [0.3, 0.4) is 0 Å². The fourth-order valence-electron chi connectivity index (χ4n) is 2.37. The van der Waals surface area contributed by atoms with E-state index in [1.807, 2.05) is 32.0 Å². The van der Waals surface area contributed by atoms with Crippen LogP contribution in [0.15, 0.2) is 18.2 Å². The van der Waals surface area contributed by atoms with Gasteiger partial charge in [0, 0.05) is 37.6 Å². The predicted octanol–water partition coefficient (Wildman–Crippen LogP) is 2.29. The molecule has 0 aliphatic carbocycles. The summed E-state index contributed by atoms with van der Waals surface area (Å²) in [7, 11) is -3.18. The van der Waals surface area contributed by atoms with Crippen LogP contribution >= 0.6 is 0 Å². The third-order valence-electron chi connectivity index (χ3n) is 3.77. The zero-order valence-corrected chi connectivity index (χ0v) is 16.4. The summed E-state index contributed by atoms with van der Waals surface area (Å²) in [6.45, 7) is 8.38. The highest BCUT2D eigenvalue weighted by molar-refractivity contribution is 7.88. The van der Waals surface area contributed by atoms with E-state index in [-0.39, 0.29) is 6.03 Å². The van der Waals surface area contributed by atoms with Gasteiger partial charge >= 0.3 is 6.03 Å². The first kappa shape index (κ1) is 21.2. The van der Waals surface area contributed by atoms with E-state index in [1.54, 1.807) is 0 Å². The molecular weight excluding hydrogens is 340 g/mol. The number of sulfonamides is 1. The number of carbonyl (C=O) groups is 1. The molecule has 3 N–H and O–H groups in total. The van der Waals surface area contributed by atoms with Gasteiger partial charge in [0.2, 0.25) is 10.0 Å². The molecule has 0 unspecified atom stereocenters. The first-order valence-corrected chi connectivity index (χ1v) is 10.5. The van der Waals surface area contributed by atoms with Gasteiger partial charge in [-0.05, 0) is 44.0 Å². The van der Waals surface area contributed by atoms with Gasteiger partial charge in [-0.3, -0.25) is 0 Å². The van der Waals surface area contributed by atoms with E-state index in [4.69, 9.17) is 0 Å². The number of likely N-dealkylation sites (N-methyl/N-ethyl adjacent to an activating group) is 1. The number of carbonyl (C=O) groups excluding carboxylic acids is 1. The standard InChI is InChI=1S/C17H30N4O3S/c1-5-7-10-18-17(22)20-16-9-8-15(13-14(16)3)21(6-2)12-11-19-25(4,23)24/h8-9,13,19H,5-7,10-12H2,1-4H3,(H2,18,20,22). The minimum absolute atomic E-state index is 0.200. The van der Waals surface area contributed by atoms with Crippen LogP contribution in [0.5, 0.6) is 0 Å². The van der Waals surface area contributed by atoms with Crippen LogP contribution in [0.4, 0.5) is 16.2 Å². The van der Waals surface area contributed by atoms with Crippen molar-refractivity contribution in [1.29, 1.82) is 0 Å². The average Bonchev–Trinajstić information content (AvgIpc) is 2.53. The van der Waals surface area contributed by atoms with Crippen molar-refractivity contribution < 1.29 is 13.2 Å². The monoisotopic (exact) mass is 370 g/mol. The van der Waals surface area contributed by atoms with E-state index in [1.165, 1.54) is 0 Å². The molecule has 7 nitrogen and oxygen atoms in total. The maximum Gasteiger partial charge on any atom is 0.319 e. The SMILES string of the molecule is CCCCNC(=O)Nc1ccc(N(CC)CCNS(C)(=O)=O)cc1C. The Bertz CT molecular complexity index is 662. The molecule has 0 radical (unpaired) electrons. The number of benzene rings is 1. The lowest BCUT2D eigenvalue weighted by Crippen LogP contribution is -2.34. The highest BCUT2D eigenvalue weighted by atomic mass is 32.2. The summed E-state index contributed by atoms with van der Waals surface area (Å²) >= 11 is 0. The maximum absolute atomic E-state index is 11.9. The largest absolute Gasteiger partial charge is 0.370 e. The first-order chi connectivity index (χ1) is 11.8. The van der Waals surface area contributed by atoms with Crippen molar-refractivity contribution in [3.05, 3.63) is 23.8 Å². The summed E-state index contributed by atoms with van der Waals surface area (Å²) in [5.41, 5.74) is 2.72. The molecule has 8 heteroatoms. The van der Waals surface area contributed by atoms with E-state index in [0.717, 1.165) is 42.6 Å². The molecule has 0 bridgehead atoms. The normalized spacial score (nSPS) is 11.2. The topological polar surface area (TPSA) is 90.5 Å². The molecule has 1 rings (SSSR count). The van der Waals surface area contributed by atoms with Gasteiger partial charge < -0.3 is 15.5 Å². The minimum atomic E-state index is -3.18. The number of rotatable bonds is 10. The summed E-state index contributed by atoms with van der Waals surface area (Å²) in [6.07, 6.45) is 3.15. The fraction of sp³-hybridized carbons (Fsp3) is 0.588. The van der Waals surface area contributed by atoms with E-state index in [9.17, 15) is 13.2 Å². The van der Waals surface area contributed by atoms with E-state index >= 15 is 0 Å². The van der Waals surface area contributed by atoms with Crippen LogP contribution in [0.2, 0.25) is 0 Å². The smallest absolute Gasteiger partial charge is 0.319 e. The van der Waals surface area contributed by atoms with Gasteiger partial charge in [0.1, 0.15) is 0 Å². The lowest BCUT2D eigenvalue weighted by molar-refractivity contribution is 0.252. The lowest BCUT2D eigenvalue weighted by Gasteiger charge is -2.24. The summed E-state index contributed by atoms with van der Waals surface area (Å²) in [6, 6.07) is 5.59. The second-order valence-corrected chi connectivity index (χ2v) is 7.81. The molecule has 0 aromatic heterocycles. The summed E-state index contributed by atoms with van der Waals surface area (Å²) < 4.78 is 24.8. The van der Waals surface area contributed by atoms with E-state index < -0.39 is 10.0 Å². The Morgan fingerprint density at radius 2 is 1.92 bits per heavy atom. The number of amides is 2. The van der Waals surface area contributed by atoms with Gasteiger partial charge in [-0.1, -0.05) is 13.3 Å². The van der Waals surface area contributed by atoms with Crippen molar-refractivity contribution >= 4 is 27.4 Å². The number of urea groups is 1. The number of aryl methyl sites for hydroxylation is 1. The van der Waals surface area contributed by atoms with E-state index in [0.29, 0.717) is 19.6 Å². The van der Waals surface area contributed by atoms with Crippen molar-refractivity contribution in [2.45, 2.75) is 33.6 Å². The molecule has 0 saturated carbocycles. The molecule has 1 aromatic carbocycles. The maximum atomic E-state index is 11.9. The van der Waals surface area contributed by atoms with Crippen LogP contribution in [0.25, 0.3) is 0 Å². The molecule has 0 heterocycles. The molecule has 2 amide bonds. The van der Waals surface area contributed by atoms with Crippen molar-refractivity contribution in [1.82, 2.24) is 10.0 Å². The molecule has 0 fully saturated rings. The minimum Gasteiger partial charge on any atom is -0.370 e. The number of nitrogens with one attached hydrogen (secondary N) is 3. The summed E-state index contributed by atoms with van der Waals surface area (Å²) in [4.78, 5) is 13.9. The number of nitrogens with zero attached hydrogens (tertiary/aromatic N) is 1. The first-order valence-electron chi connectivity index (χ1n) is 8.62. The van der Waals surface area contributed by atoms with Crippen molar-refractivity contribution in [3.63, 3.8) is 0 Å². The highest BCUT2D eigenvalue weighted by Gasteiger charge is 2.09. The van der Waals surface area contributed by atoms with Crippen LogP contribution in [0, 0.1) is 6.92 Å². The van der Waals surface area contributed by atoms with Crippen LogP contribution in [0.1, 0.15) is 32.3 Å². The van der Waals surface area contributed by atoms with Gasteiger partial charge in [0.05, 0.1) is 6.26 Å². The van der Waals surface area contributed by atoms with Gasteiger partial charge in [-0.15, -0.1) is 0 Å². The zero-order valence-electron chi connectivity index (χ0n) is 15.6. The highest BCUT2D eigenvalue weighted by Crippen LogP contribution is 2.22. The molecule has 25 heavy (non-hydrogen) atoms. The van der Waals surface area contributed by atoms with Gasteiger partial charge in [-0.25, -0.2) is 17.9 Å². The molecule has 142 valence electrons. The Kier molecular flexibility index (Phi) is 8.71. The zero-order chi connectivity index (χ0) is 18.9. The summed E-state index contributed by atoms with van der Waals surface area (Å²) in [5.74, 6) is 0. The Hall–Kier alpha value is -1.80. The predicted molar refractivity (Wildman–Crippen MR) is 104 cm³/mol.